The number of carbonyl (C=O) groups is 2. The Hall–Kier alpha value is -1.64. The van der Waals surface area contributed by atoms with Crippen LogP contribution in [0.4, 0.5) is 0 Å². The van der Waals surface area contributed by atoms with E-state index in [1.165, 1.54) is 6.08 Å². The number of carbonyl (C=O) groups excluding carboxylic acids is 2. The molecular formula is C12H13NO4. The maximum absolute atomic E-state index is 11.7. The monoisotopic (exact) mass is 235 g/mol. The average molecular weight is 235 g/mol. The molecule has 0 aliphatic carbocycles. The first-order valence-corrected chi connectivity index (χ1v) is 5.45. The largest absolute Gasteiger partial charge is 0.394 e. The summed E-state index contributed by atoms with van der Waals surface area (Å²) >= 11 is 0. The minimum absolute atomic E-state index is 0.0600. The summed E-state index contributed by atoms with van der Waals surface area (Å²) in [4.78, 5) is 23.0. The molecule has 5 heteroatoms. The van der Waals surface area contributed by atoms with Crippen molar-refractivity contribution in [1.29, 1.82) is 0 Å². The summed E-state index contributed by atoms with van der Waals surface area (Å²) in [6.45, 7) is -0.0600. The number of hydrogen-bond donors (Lipinski definition) is 2. The first-order chi connectivity index (χ1) is 8.15. The van der Waals surface area contributed by atoms with Gasteiger partial charge in [0, 0.05) is 0 Å². The fourth-order valence-electron chi connectivity index (χ4n) is 2.12. The first-order valence-electron chi connectivity index (χ1n) is 5.45. The van der Waals surface area contributed by atoms with Gasteiger partial charge in [0.1, 0.15) is 0 Å². The van der Waals surface area contributed by atoms with Crippen molar-refractivity contribution in [2.45, 2.75) is 25.0 Å². The molecule has 0 aromatic rings. The number of aliphatic hydroxyl groups excluding tert-OH is 1. The van der Waals surface area contributed by atoms with Crippen molar-refractivity contribution in [2.24, 2.45) is 5.92 Å². The van der Waals surface area contributed by atoms with Crippen molar-refractivity contribution in [3.05, 3.63) is 11.6 Å². The van der Waals surface area contributed by atoms with E-state index >= 15 is 0 Å². The normalized spacial score (nSPS) is 32.9. The van der Waals surface area contributed by atoms with Gasteiger partial charge in [-0.1, -0.05) is 5.92 Å². The molecule has 90 valence electrons. The molecule has 3 unspecified atom stereocenters. The lowest BCUT2D eigenvalue weighted by Crippen LogP contribution is -2.44. The van der Waals surface area contributed by atoms with Gasteiger partial charge in [-0.05, 0) is 18.9 Å². The van der Waals surface area contributed by atoms with Crippen LogP contribution >= 0.6 is 0 Å². The molecule has 5 nitrogen and oxygen atoms in total. The fourth-order valence-corrected chi connectivity index (χ4v) is 2.12. The molecule has 17 heavy (non-hydrogen) atoms. The van der Waals surface area contributed by atoms with Crippen LogP contribution in [0.1, 0.15) is 12.8 Å². The Bertz CT molecular complexity index is 421. The van der Waals surface area contributed by atoms with Crippen LogP contribution in [-0.4, -0.2) is 35.7 Å². The van der Waals surface area contributed by atoms with E-state index in [0.717, 1.165) is 0 Å². The van der Waals surface area contributed by atoms with Gasteiger partial charge in [-0.25, -0.2) is 0 Å². The molecule has 0 spiro atoms. The molecule has 2 N–H and O–H groups in total. The van der Waals surface area contributed by atoms with Crippen LogP contribution in [0, 0.1) is 18.3 Å². The van der Waals surface area contributed by atoms with E-state index in [1.807, 2.05) is 0 Å². The summed E-state index contributed by atoms with van der Waals surface area (Å²) in [5.74, 6) is 0.771. The Morgan fingerprint density at radius 3 is 2.88 bits per heavy atom. The molecule has 0 saturated carbocycles. The smallest absolute Gasteiger partial charge is 0.266 e. The highest BCUT2D eigenvalue weighted by Crippen LogP contribution is 2.28. The number of ether oxygens (including phenoxy) is 1. The third-order valence-corrected chi connectivity index (χ3v) is 3.03. The quantitative estimate of drug-likeness (QED) is 0.493. The highest BCUT2D eigenvalue weighted by molar-refractivity contribution is 6.10. The molecular weight excluding hydrogens is 222 g/mol. The van der Waals surface area contributed by atoms with Gasteiger partial charge in [0.2, 0.25) is 5.91 Å². The summed E-state index contributed by atoms with van der Waals surface area (Å²) in [7, 11) is 0. The van der Waals surface area contributed by atoms with E-state index in [0.29, 0.717) is 12.8 Å². The molecule has 2 heterocycles. The van der Waals surface area contributed by atoms with Gasteiger partial charge in [0.25, 0.3) is 5.91 Å². The summed E-state index contributed by atoms with van der Waals surface area (Å²) in [6, 6.07) is 0. The standard InChI is InChI=1S/C12H13NO4/c1-2-7-5-9(12(16)13-11(7)15)10-4-3-8(6-14)17-10/h1,5,8-10,14H,3-4,6H2,(H,13,15,16). The molecule has 0 aromatic carbocycles. The third kappa shape index (κ3) is 2.23. The molecule has 0 aromatic heterocycles. The van der Waals surface area contributed by atoms with Crippen LogP contribution in [0.15, 0.2) is 11.6 Å². The zero-order chi connectivity index (χ0) is 12.4. The van der Waals surface area contributed by atoms with Crippen LogP contribution in [-0.2, 0) is 14.3 Å². The number of rotatable bonds is 2. The minimum Gasteiger partial charge on any atom is -0.394 e. The van der Waals surface area contributed by atoms with E-state index in [2.05, 4.69) is 11.2 Å². The molecule has 2 amide bonds. The second kappa shape index (κ2) is 4.70. The van der Waals surface area contributed by atoms with Crippen LogP contribution in [0.5, 0.6) is 0 Å². The summed E-state index contributed by atoms with van der Waals surface area (Å²) < 4.78 is 5.51. The number of imide groups is 1. The molecule has 2 aliphatic rings. The van der Waals surface area contributed by atoms with E-state index in [1.54, 1.807) is 0 Å². The molecule has 2 rings (SSSR count). The third-order valence-electron chi connectivity index (χ3n) is 3.03. The number of hydrogen-bond acceptors (Lipinski definition) is 4. The molecule has 0 radical (unpaired) electrons. The Kier molecular flexibility index (Phi) is 3.27. The molecule has 0 bridgehead atoms. The summed E-state index contributed by atoms with van der Waals surface area (Å²) in [6.07, 6.45) is 7.49. The van der Waals surface area contributed by atoms with Gasteiger partial charge in [0.15, 0.2) is 0 Å². The Labute approximate surface area is 98.8 Å². The molecule has 1 saturated heterocycles. The SMILES string of the molecule is C#CC1=CC(C2CCC(CO)O2)C(=O)NC1=O. The maximum Gasteiger partial charge on any atom is 0.266 e. The van der Waals surface area contributed by atoms with E-state index < -0.39 is 17.7 Å². The van der Waals surface area contributed by atoms with Crippen LogP contribution in [0.25, 0.3) is 0 Å². The van der Waals surface area contributed by atoms with Crippen molar-refractivity contribution < 1.29 is 19.4 Å². The number of terminal acetylenes is 1. The fraction of sp³-hybridized carbons (Fsp3) is 0.500. The van der Waals surface area contributed by atoms with Gasteiger partial charge in [-0.15, -0.1) is 6.42 Å². The lowest BCUT2D eigenvalue weighted by molar-refractivity contribution is -0.134. The second-order valence-corrected chi connectivity index (χ2v) is 4.13. The lowest BCUT2D eigenvalue weighted by Gasteiger charge is -2.23. The van der Waals surface area contributed by atoms with Crippen LogP contribution < -0.4 is 5.32 Å². The number of aliphatic hydroxyl groups is 1. The van der Waals surface area contributed by atoms with Gasteiger partial charge in [-0.3, -0.25) is 14.9 Å². The molecule has 2 aliphatic heterocycles. The number of amides is 2. The predicted octanol–water partition coefficient (Wildman–Crippen LogP) is -0.642. The van der Waals surface area contributed by atoms with Gasteiger partial charge >= 0.3 is 0 Å². The Morgan fingerprint density at radius 2 is 2.29 bits per heavy atom. The zero-order valence-electron chi connectivity index (χ0n) is 9.18. The lowest BCUT2D eigenvalue weighted by atomic mass is 9.93. The summed E-state index contributed by atoms with van der Waals surface area (Å²) in [5.41, 5.74) is 0.158. The second-order valence-electron chi connectivity index (χ2n) is 4.13. The molecule has 3 atom stereocenters. The zero-order valence-corrected chi connectivity index (χ0v) is 9.18. The van der Waals surface area contributed by atoms with E-state index in [9.17, 15) is 9.59 Å². The highest BCUT2D eigenvalue weighted by Gasteiger charge is 2.37. The van der Waals surface area contributed by atoms with Crippen molar-refractivity contribution in [3.8, 4) is 12.3 Å². The average Bonchev–Trinajstić information content (AvgIpc) is 2.78. The van der Waals surface area contributed by atoms with Crippen LogP contribution in [0.3, 0.4) is 0 Å². The highest BCUT2D eigenvalue weighted by atomic mass is 16.5. The Balaban J connectivity index is 2.16. The van der Waals surface area contributed by atoms with Crippen molar-refractivity contribution >= 4 is 11.8 Å². The van der Waals surface area contributed by atoms with Gasteiger partial charge in [0.05, 0.1) is 30.3 Å². The predicted molar refractivity (Wildman–Crippen MR) is 58.5 cm³/mol. The van der Waals surface area contributed by atoms with Gasteiger partial charge < -0.3 is 9.84 Å². The topological polar surface area (TPSA) is 75.6 Å². The first kappa shape index (κ1) is 11.8. The van der Waals surface area contributed by atoms with E-state index in [4.69, 9.17) is 16.3 Å². The van der Waals surface area contributed by atoms with Crippen molar-refractivity contribution in [3.63, 3.8) is 0 Å². The Morgan fingerprint density at radius 1 is 1.53 bits per heavy atom. The minimum atomic E-state index is -0.546. The number of nitrogens with one attached hydrogen (secondary N) is 1. The van der Waals surface area contributed by atoms with Crippen molar-refractivity contribution in [1.82, 2.24) is 5.32 Å². The molecule has 1 fully saturated rings. The van der Waals surface area contributed by atoms with E-state index in [-0.39, 0.29) is 24.4 Å². The maximum atomic E-state index is 11.7. The van der Waals surface area contributed by atoms with Gasteiger partial charge in [-0.2, -0.15) is 0 Å². The summed E-state index contributed by atoms with van der Waals surface area (Å²) in [5, 5.41) is 11.2. The van der Waals surface area contributed by atoms with Crippen molar-refractivity contribution in [2.75, 3.05) is 6.61 Å². The van der Waals surface area contributed by atoms with Crippen LogP contribution in [0.2, 0.25) is 0 Å².